The first-order chi connectivity index (χ1) is 11.2. The third kappa shape index (κ3) is 3.72. The Morgan fingerprint density at radius 3 is 2.50 bits per heavy atom. The number of aromatic hydroxyl groups is 1. The van der Waals surface area contributed by atoms with Gasteiger partial charge in [0, 0.05) is 29.4 Å². The van der Waals surface area contributed by atoms with Gasteiger partial charge in [-0.1, -0.05) is 6.07 Å². The van der Waals surface area contributed by atoms with Gasteiger partial charge in [-0.05, 0) is 36.4 Å². The predicted octanol–water partition coefficient (Wildman–Crippen LogP) is 2.43. The zero-order chi connectivity index (χ0) is 17.9. The summed E-state index contributed by atoms with van der Waals surface area (Å²) in [6, 6.07) is 9.96. The van der Waals surface area contributed by atoms with Gasteiger partial charge in [-0.3, -0.25) is 4.79 Å². The number of hydrogen-bond acceptors (Lipinski definition) is 5. The number of carboxylic acid groups (broad SMARTS) is 1. The van der Waals surface area contributed by atoms with Gasteiger partial charge in [-0.15, -0.1) is 0 Å². The van der Waals surface area contributed by atoms with Crippen LogP contribution in [0, 0.1) is 0 Å². The Morgan fingerprint density at radius 1 is 1.17 bits per heavy atom. The van der Waals surface area contributed by atoms with E-state index in [0.29, 0.717) is 4.90 Å². The molecule has 1 atom stereocenters. The summed E-state index contributed by atoms with van der Waals surface area (Å²) in [6.07, 6.45) is 1.48. The van der Waals surface area contributed by atoms with E-state index in [1.54, 1.807) is 18.2 Å². The van der Waals surface area contributed by atoms with Crippen LogP contribution < -0.4 is 5.32 Å². The van der Waals surface area contributed by atoms with Crippen molar-refractivity contribution in [1.29, 1.82) is 0 Å². The van der Waals surface area contributed by atoms with E-state index in [2.05, 4.69) is 9.68 Å². The molecule has 8 heteroatoms. The summed E-state index contributed by atoms with van der Waals surface area (Å²) in [4.78, 5) is 23.7. The Hall–Kier alpha value is -2.87. The summed E-state index contributed by atoms with van der Waals surface area (Å²) in [5.41, 5.74) is 0.164. The van der Waals surface area contributed by atoms with Crippen molar-refractivity contribution >= 4 is 27.3 Å². The van der Waals surface area contributed by atoms with Crippen LogP contribution in [0.4, 0.5) is 5.69 Å². The lowest BCUT2D eigenvalue weighted by atomic mass is 10.1. The highest BCUT2D eigenvalue weighted by atomic mass is 32.2. The Morgan fingerprint density at radius 2 is 1.88 bits per heavy atom. The van der Waals surface area contributed by atoms with Gasteiger partial charge in [-0.2, -0.15) is 0 Å². The number of phenols is 1. The maximum atomic E-state index is 12.3. The van der Waals surface area contributed by atoms with Crippen LogP contribution in [0.5, 0.6) is 5.75 Å². The molecule has 0 spiro atoms. The van der Waals surface area contributed by atoms with E-state index >= 15 is 0 Å². The Balaban J connectivity index is 2.31. The summed E-state index contributed by atoms with van der Waals surface area (Å²) in [7, 11) is -1.12. The summed E-state index contributed by atoms with van der Waals surface area (Å²) in [5, 5.41) is 21.0. The quantitative estimate of drug-likeness (QED) is 0.734. The third-order valence-corrected chi connectivity index (χ3v) is 5.19. The predicted molar refractivity (Wildman–Crippen MR) is 90.1 cm³/mol. The third-order valence-electron chi connectivity index (χ3n) is 3.37. The SMILES string of the molecule is CN=S(C)(=O)c1cccc(C(=O)Nc2ccc(O)c(C(=O)O)c2)c1. The van der Waals surface area contributed by atoms with Crippen LogP contribution in [0.15, 0.2) is 51.7 Å². The molecule has 7 nitrogen and oxygen atoms in total. The second-order valence-corrected chi connectivity index (χ2v) is 7.45. The molecular formula is C16H16N2O5S. The number of rotatable bonds is 4. The van der Waals surface area contributed by atoms with Crippen molar-refractivity contribution in [3.63, 3.8) is 0 Å². The molecule has 126 valence electrons. The number of carboxylic acids is 1. The van der Waals surface area contributed by atoms with E-state index in [1.165, 1.54) is 31.5 Å². The molecule has 2 aromatic rings. The van der Waals surface area contributed by atoms with Gasteiger partial charge in [-0.25, -0.2) is 13.4 Å². The molecular weight excluding hydrogens is 332 g/mol. The van der Waals surface area contributed by atoms with Crippen molar-refractivity contribution in [3.05, 3.63) is 53.6 Å². The molecule has 0 bridgehead atoms. The van der Waals surface area contributed by atoms with Crippen LogP contribution in [0.25, 0.3) is 0 Å². The van der Waals surface area contributed by atoms with Gasteiger partial charge in [0.15, 0.2) is 0 Å². The monoisotopic (exact) mass is 348 g/mol. The minimum atomic E-state index is -2.57. The molecule has 1 amide bonds. The number of amides is 1. The fraction of sp³-hybridized carbons (Fsp3) is 0.125. The van der Waals surface area contributed by atoms with Crippen LogP contribution in [0.3, 0.4) is 0 Å². The lowest BCUT2D eigenvalue weighted by Gasteiger charge is -2.09. The average molecular weight is 348 g/mol. The second kappa shape index (κ2) is 6.71. The molecule has 2 aromatic carbocycles. The number of aromatic carboxylic acids is 1. The minimum absolute atomic E-state index is 0.220. The van der Waals surface area contributed by atoms with Crippen molar-refractivity contribution < 1.29 is 24.0 Å². The van der Waals surface area contributed by atoms with E-state index in [4.69, 9.17) is 5.11 Å². The largest absolute Gasteiger partial charge is 0.507 e. The van der Waals surface area contributed by atoms with Crippen molar-refractivity contribution in [2.75, 3.05) is 18.6 Å². The Labute approximate surface area is 139 Å². The van der Waals surface area contributed by atoms with Crippen molar-refractivity contribution in [3.8, 4) is 5.75 Å². The molecule has 0 aromatic heterocycles. The van der Waals surface area contributed by atoms with Gasteiger partial charge in [0.05, 0.1) is 9.73 Å². The number of nitrogens with zero attached hydrogens (tertiary/aromatic N) is 1. The Kier molecular flexibility index (Phi) is 4.89. The molecule has 0 aliphatic heterocycles. The number of hydrogen-bond donors (Lipinski definition) is 3. The molecule has 0 heterocycles. The summed E-state index contributed by atoms with van der Waals surface area (Å²) in [5.74, 6) is -2.19. The summed E-state index contributed by atoms with van der Waals surface area (Å²) >= 11 is 0. The van der Waals surface area contributed by atoms with Gasteiger partial charge in [0.25, 0.3) is 5.91 Å². The highest BCUT2D eigenvalue weighted by Crippen LogP contribution is 2.22. The molecule has 0 radical (unpaired) electrons. The fourth-order valence-electron chi connectivity index (χ4n) is 1.97. The number of anilines is 1. The first-order valence-electron chi connectivity index (χ1n) is 6.82. The van der Waals surface area contributed by atoms with E-state index in [1.807, 2.05) is 0 Å². The molecule has 0 aliphatic rings. The molecule has 24 heavy (non-hydrogen) atoms. The number of carbonyl (C=O) groups is 2. The first-order valence-corrected chi connectivity index (χ1v) is 8.75. The zero-order valence-electron chi connectivity index (χ0n) is 13.0. The molecule has 0 aliphatic carbocycles. The minimum Gasteiger partial charge on any atom is -0.507 e. The standard InChI is InChI=1S/C16H16N2O5S/c1-17-24(2,23)12-5-3-4-10(8-12)15(20)18-11-6-7-14(19)13(9-11)16(21)22/h3-9,19H,1-2H3,(H,18,20)(H,21,22). The van der Waals surface area contributed by atoms with Crippen molar-refractivity contribution in [2.45, 2.75) is 4.90 Å². The molecule has 0 saturated heterocycles. The first kappa shape index (κ1) is 17.5. The molecule has 1 unspecified atom stereocenters. The maximum absolute atomic E-state index is 12.3. The van der Waals surface area contributed by atoms with Crippen LogP contribution in [-0.4, -0.2) is 39.6 Å². The highest BCUT2D eigenvalue weighted by molar-refractivity contribution is 7.93. The van der Waals surface area contributed by atoms with Crippen molar-refractivity contribution in [2.24, 2.45) is 4.36 Å². The van der Waals surface area contributed by atoms with Gasteiger partial charge >= 0.3 is 5.97 Å². The summed E-state index contributed by atoms with van der Waals surface area (Å²) < 4.78 is 16.1. The number of benzene rings is 2. The van der Waals surface area contributed by atoms with Crippen LogP contribution in [-0.2, 0) is 9.73 Å². The van der Waals surface area contributed by atoms with E-state index < -0.39 is 27.4 Å². The van der Waals surface area contributed by atoms with E-state index in [-0.39, 0.29) is 16.8 Å². The van der Waals surface area contributed by atoms with E-state index in [9.17, 15) is 18.9 Å². The van der Waals surface area contributed by atoms with Gasteiger partial charge < -0.3 is 15.5 Å². The lowest BCUT2D eigenvalue weighted by molar-refractivity contribution is 0.0693. The molecule has 2 rings (SSSR count). The molecule has 0 saturated carbocycles. The number of carbonyl (C=O) groups excluding carboxylic acids is 1. The smallest absolute Gasteiger partial charge is 0.339 e. The average Bonchev–Trinajstić information content (AvgIpc) is 2.56. The zero-order valence-corrected chi connectivity index (χ0v) is 13.8. The lowest BCUT2D eigenvalue weighted by Crippen LogP contribution is -2.13. The van der Waals surface area contributed by atoms with Gasteiger partial charge in [0.1, 0.15) is 11.3 Å². The molecule has 3 N–H and O–H groups in total. The van der Waals surface area contributed by atoms with Crippen LogP contribution in [0.1, 0.15) is 20.7 Å². The topological polar surface area (TPSA) is 116 Å². The fourth-order valence-corrected chi connectivity index (χ4v) is 2.85. The second-order valence-electron chi connectivity index (χ2n) is 5.00. The Bertz CT molecular complexity index is 930. The van der Waals surface area contributed by atoms with Gasteiger partial charge in [0.2, 0.25) is 0 Å². The van der Waals surface area contributed by atoms with Crippen LogP contribution in [0.2, 0.25) is 0 Å². The van der Waals surface area contributed by atoms with Crippen LogP contribution >= 0.6 is 0 Å². The van der Waals surface area contributed by atoms with E-state index in [0.717, 1.165) is 6.07 Å². The maximum Gasteiger partial charge on any atom is 0.339 e. The summed E-state index contributed by atoms with van der Waals surface area (Å²) in [6.45, 7) is 0. The number of nitrogens with one attached hydrogen (secondary N) is 1. The van der Waals surface area contributed by atoms with Crippen molar-refractivity contribution in [1.82, 2.24) is 0 Å². The normalized spacial score (nSPS) is 12.9. The highest BCUT2D eigenvalue weighted by Gasteiger charge is 2.14. The molecule has 0 fully saturated rings.